The van der Waals surface area contributed by atoms with Crippen molar-refractivity contribution in [3.63, 3.8) is 0 Å². The summed E-state index contributed by atoms with van der Waals surface area (Å²) < 4.78 is 6.10. The summed E-state index contributed by atoms with van der Waals surface area (Å²) >= 11 is 0. The Morgan fingerprint density at radius 1 is 1.11 bits per heavy atom. The van der Waals surface area contributed by atoms with Crippen LogP contribution in [0.4, 0.5) is 0 Å². The largest absolute Gasteiger partial charge is 0.414 e. The van der Waals surface area contributed by atoms with Gasteiger partial charge in [0.2, 0.25) is 0 Å². The summed E-state index contributed by atoms with van der Waals surface area (Å²) in [6.07, 6.45) is 1.28. The molecule has 0 saturated heterocycles. The zero-order chi connectivity index (χ0) is 20.9. The van der Waals surface area contributed by atoms with E-state index >= 15 is 0 Å². The molecule has 0 aliphatic carbocycles. The molecule has 0 unspecified atom stereocenters. The smallest absolute Gasteiger partial charge is 0.192 e. The molecule has 4 heteroatoms. The fraction of sp³-hybridized carbons (Fsp3) is 0.522. The van der Waals surface area contributed by atoms with E-state index in [1.165, 1.54) is 0 Å². The predicted molar refractivity (Wildman–Crippen MR) is 123 cm³/mol. The molecule has 0 bridgehead atoms. The topological polar surface area (TPSA) is 29.5 Å². The highest BCUT2D eigenvalue weighted by atomic mass is 28.4. The molecular weight excluding hydrogens is 364 g/mol. The average Bonchev–Trinajstić information content (AvgIpc) is 2.55. The zero-order valence-corrected chi connectivity index (χ0v) is 20.5. The van der Waals surface area contributed by atoms with Gasteiger partial charge < -0.3 is 9.53 Å². The molecule has 0 spiro atoms. The highest BCUT2D eigenvalue weighted by molar-refractivity contribution is 6.83. The lowest BCUT2D eigenvalue weighted by Gasteiger charge is -2.36. The Kier molecular flexibility index (Phi) is 8.10. The number of aliphatic hydroxyl groups excluding tert-OH is 1. The third-order valence-corrected chi connectivity index (χ3v) is 10.2. The van der Waals surface area contributed by atoms with E-state index in [1.54, 1.807) is 0 Å². The van der Waals surface area contributed by atoms with Gasteiger partial charge in [-0.2, -0.15) is 0 Å². The summed E-state index contributed by atoms with van der Waals surface area (Å²) in [4.78, 5) is 0. The Balaban J connectivity index is 2.78. The summed E-state index contributed by atoms with van der Waals surface area (Å²) in [5, 5.41) is 10.5. The monoisotopic (exact) mass is 400 g/mol. The Hall–Kier alpha value is -1.35. The molecule has 0 heterocycles. The van der Waals surface area contributed by atoms with Crippen LogP contribution in [0.15, 0.2) is 35.6 Å². The van der Waals surface area contributed by atoms with Crippen molar-refractivity contribution in [3.05, 3.63) is 46.7 Å². The molecule has 27 heavy (non-hydrogen) atoms. The van der Waals surface area contributed by atoms with E-state index in [9.17, 15) is 5.11 Å². The van der Waals surface area contributed by atoms with Crippen LogP contribution >= 0.6 is 0 Å². The van der Waals surface area contributed by atoms with Crippen LogP contribution in [-0.4, -0.2) is 34.2 Å². The van der Waals surface area contributed by atoms with Gasteiger partial charge in [-0.1, -0.05) is 58.5 Å². The van der Waals surface area contributed by atoms with E-state index in [-0.39, 0.29) is 5.04 Å². The van der Waals surface area contributed by atoms with Crippen LogP contribution in [0.2, 0.25) is 37.8 Å². The predicted octanol–water partition coefficient (Wildman–Crippen LogP) is 5.86. The first-order valence-corrected chi connectivity index (χ1v) is 16.0. The summed E-state index contributed by atoms with van der Waals surface area (Å²) in [5.41, 5.74) is 9.45. The number of rotatable bonds is 5. The lowest BCUT2D eigenvalue weighted by Crippen LogP contribution is -2.42. The average molecular weight is 401 g/mol. The molecule has 0 saturated carbocycles. The summed E-state index contributed by atoms with van der Waals surface area (Å²) in [6.45, 7) is 19.9. The van der Waals surface area contributed by atoms with Crippen molar-refractivity contribution in [2.45, 2.75) is 71.6 Å². The van der Waals surface area contributed by atoms with Crippen molar-refractivity contribution >= 4 is 22.5 Å². The molecule has 1 N–H and O–H groups in total. The maximum atomic E-state index is 10.4. The van der Waals surface area contributed by atoms with Crippen LogP contribution in [0, 0.1) is 11.5 Å². The molecule has 1 aromatic rings. The normalized spacial score (nSPS) is 13.3. The van der Waals surface area contributed by atoms with Crippen LogP contribution in [0.3, 0.4) is 0 Å². The molecule has 1 aromatic carbocycles. The Bertz CT molecular complexity index is 745. The highest BCUT2D eigenvalue weighted by Gasteiger charge is 2.37. The Labute approximate surface area is 168 Å². The minimum Gasteiger partial charge on any atom is -0.414 e. The van der Waals surface area contributed by atoms with Gasteiger partial charge in [-0.3, -0.25) is 0 Å². The van der Waals surface area contributed by atoms with E-state index in [0.717, 1.165) is 16.7 Å². The summed E-state index contributed by atoms with van der Waals surface area (Å²) in [5.74, 6) is 3.26. The number of aliphatic hydroxyl groups is 1. The van der Waals surface area contributed by atoms with E-state index in [0.29, 0.717) is 6.61 Å². The number of hydrogen-bond donors (Lipinski definition) is 1. The first kappa shape index (κ1) is 23.7. The first-order valence-electron chi connectivity index (χ1n) is 9.60. The molecule has 148 valence electrons. The van der Waals surface area contributed by atoms with Crippen molar-refractivity contribution < 1.29 is 9.53 Å². The molecular formula is C23H36O2Si2. The number of benzene rings is 1. The van der Waals surface area contributed by atoms with Gasteiger partial charge in [0, 0.05) is 5.56 Å². The second-order valence-corrected chi connectivity index (χ2v) is 19.2. The van der Waals surface area contributed by atoms with Crippen molar-refractivity contribution in [2.75, 3.05) is 6.61 Å². The van der Waals surface area contributed by atoms with E-state index in [1.807, 2.05) is 37.3 Å². The zero-order valence-electron chi connectivity index (χ0n) is 18.5. The molecule has 1 rings (SSSR count). The van der Waals surface area contributed by atoms with Gasteiger partial charge in [0.1, 0.15) is 14.2 Å². The van der Waals surface area contributed by atoms with Gasteiger partial charge in [0.05, 0.1) is 6.61 Å². The third kappa shape index (κ3) is 8.47. The van der Waals surface area contributed by atoms with Gasteiger partial charge >= 0.3 is 0 Å². The summed E-state index contributed by atoms with van der Waals surface area (Å²) in [6, 6.07) is 8.14. The lowest BCUT2D eigenvalue weighted by molar-refractivity contribution is 0.127. The van der Waals surface area contributed by atoms with Crippen molar-refractivity contribution in [1.82, 2.24) is 0 Å². The lowest BCUT2D eigenvalue weighted by atomic mass is 10.1. The Morgan fingerprint density at radius 2 is 1.67 bits per heavy atom. The van der Waals surface area contributed by atoms with E-state index in [4.69, 9.17) is 4.43 Å². The van der Waals surface area contributed by atoms with Crippen LogP contribution in [-0.2, 0) is 4.43 Å². The van der Waals surface area contributed by atoms with Crippen molar-refractivity contribution in [3.8, 4) is 11.5 Å². The molecule has 0 aliphatic rings. The third-order valence-electron chi connectivity index (χ3n) is 4.87. The Morgan fingerprint density at radius 3 is 2.15 bits per heavy atom. The molecule has 2 nitrogen and oxygen atoms in total. The van der Waals surface area contributed by atoms with Gasteiger partial charge in [0.25, 0.3) is 0 Å². The summed E-state index contributed by atoms with van der Waals surface area (Å²) in [7, 11) is -3.20. The van der Waals surface area contributed by atoms with Gasteiger partial charge in [0.15, 0.2) is 8.32 Å². The minimum absolute atomic E-state index is 0.139. The van der Waals surface area contributed by atoms with Gasteiger partial charge in [-0.15, -0.1) is 11.3 Å². The number of hydrogen-bond acceptors (Lipinski definition) is 2. The molecule has 0 radical (unpaired) electrons. The fourth-order valence-electron chi connectivity index (χ4n) is 1.84. The SMILES string of the molecule is CC(=C=Cc1ccc(C#C[Si](C)(C)C)cc1)[C@H](O)CO[Si](C)(C)C(C)(C)C. The molecule has 0 aromatic heterocycles. The molecule has 1 atom stereocenters. The molecule has 0 fully saturated rings. The van der Waals surface area contributed by atoms with E-state index in [2.05, 4.69) is 70.7 Å². The highest BCUT2D eigenvalue weighted by Crippen LogP contribution is 2.36. The van der Waals surface area contributed by atoms with Crippen molar-refractivity contribution in [1.29, 1.82) is 0 Å². The van der Waals surface area contributed by atoms with Gasteiger partial charge in [-0.25, -0.2) is 0 Å². The fourth-order valence-corrected chi connectivity index (χ4v) is 3.37. The van der Waals surface area contributed by atoms with Crippen LogP contribution in [0.25, 0.3) is 6.08 Å². The van der Waals surface area contributed by atoms with Gasteiger partial charge in [-0.05, 0) is 54.4 Å². The quantitative estimate of drug-likeness (QED) is 0.381. The molecule has 0 amide bonds. The second kappa shape index (κ2) is 9.23. The standard InChI is InChI=1S/C23H36O2Si2/c1-19(22(24)18-25-27(8,9)23(2,3)4)10-11-20-12-14-21(15-13-20)16-17-26(5,6)7/h11-15,22,24H,18H2,1-9H3/t10?,22-/m1/s1. The minimum atomic E-state index is -1.85. The second-order valence-electron chi connectivity index (χ2n) is 9.68. The van der Waals surface area contributed by atoms with Crippen LogP contribution in [0.5, 0.6) is 0 Å². The van der Waals surface area contributed by atoms with Crippen molar-refractivity contribution in [2.24, 2.45) is 0 Å². The first-order chi connectivity index (χ1) is 12.2. The van der Waals surface area contributed by atoms with Crippen LogP contribution in [0.1, 0.15) is 38.8 Å². The van der Waals surface area contributed by atoms with E-state index < -0.39 is 22.5 Å². The maximum Gasteiger partial charge on any atom is 0.192 e. The van der Waals surface area contributed by atoms with Crippen LogP contribution < -0.4 is 0 Å². The molecule has 0 aliphatic heterocycles. The maximum absolute atomic E-state index is 10.4.